The second-order valence-electron chi connectivity index (χ2n) is 3.94. The monoisotopic (exact) mass is 215 g/mol. The van der Waals surface area contributed by atoms with Crippen molar-refractivity contribution in [1.29, 1.82) is 0 Å². The lowest BCUT2D eigenvalue weighted by atomic mass is 10.2. The predicted octanol–water partition coefficient (Wildman–Crippen LogP) is 1.98. The first-order valence-corrected chi connectivity index (χ1v) is 5.58. The highest BCUT2D eigenvalue weighted by atomic mass is 15.3. The summed E-state index contributed by atoms with van der Waals surface area (Å²) in [6.45, 7) is 4.83. The summed E-state index contributed by atoms with van der Waals surface area (Å²) < 4.78 is 1.97. The average Bonchev–Trinajstić information content (AvgIpc) is 2.72. The summed E-state index contributed by atoms with van der Waals surface area (Å²) in [6.07, 6.45) is 3.95. The smallest absolute Gasteiger partial charge is 0.0534 e. The summed E-state index contributed by atoms with van der Waals surface area (Å²) in [5.41, 5.74) is 2.53. The minimum Gasteiger partial charge on any atom is -0.311 e. The van der Waals surface area contributed by atoms with Crippen LogP contribution in [0.3, 0.4) is 0 Å². The number of benzene rings is 1. The zero-order valence-corrected chi connectivity index (χ0v) is 9.56. The molecule has 2 aromatic rings. The predicted molar refractivity (Wildman–Crippen MR) is 65.1 cm³/mol. The van der Waals surface area contributed by atoms with E-state index >= 15 is 0 Å². The van der Waals surface area contributed by atoms with Gasteiger partial charge in [0.1, 0.15) is 0 Å². The maximum absolute atomic E-state index is 4.24. The number of aromatic nitrogens is 2. The Morgan fingerprint density at radius 3 is 2.75 bits per heavy atom. The van der Waals surface area contributed by atoms with E-state index in [2.05, 4.69) is 47.8 Å². The number of nitrogens with one attached hydrogen (secondary N) is 1. The molecule has 0 bridgehead atoms. The molecule has 0 saturated carbocycles. The van der Waals surface area contributed by atoms with Crippen LogP contribution in [0.4, 0.5) is 0 Å². The number of rotatable bonds is 5. The van der Waals surface area contributed by atoms with E-state index in [4.69, 9.17) is 0 Å². The minimum absolute atomic E-state index is 0.917. The van der Waals surface area contributed by atoms with Crippen molar-refractivity contribution >= 4 is 0 Å². The normalized spacial score (nSPS) is 10.6. The molecule has 1 aromatic carbocycles. The van der Waals surface area contributed by atoms with Gasteiger partial charge in [0, 0.05) is 19.3 Å². The number of aryl methyl sites for hydroxylation is 1. The lowest BCUT2D eigenvalue weighted by Crippen LogP contribution is -2.19. The SMILES string of the molecule is Cc1cnn(CCNCc2ccccc2)c1. The van der Waals surface area contributed by atoms with Crippen molar-refractivity contribution in [3.8, 4) is 0 Å². The van der Waals surface area contributed by atoms with Crippen molar-refractivity contribution in [1.82, 2.24) is 15.1 Å². The molecule has 0 fully saturated rings. The molecule has 0 unspecified atom stereocenters. The quantitative estimate of drug-likeness (QED) is 0.773. The molecule has 3 heteroatoms. The van der Waals surface area contributed by atoms with E-state index < -0.39 is 0 Å². The van der Waals surface area contributed by atoms with Gasteiger partial charge in [0.15, 0.2) is 0 Å². The van der Waals surface area contributed by atoms with Gasteiger partial charge in [-0.3, -0.25) is 4.68 Å². The maximum Gasteiger partial charge on any atom is 0.0534 e. The van der Waals surface area contributed by atoms with Crippen LogP contribution in [0.2, 0.25) is 0 Å². The molecule has 0 spiro atoms. The molecule has 16 heavy (non-hydrogen) atoms. The van der Waals surface area contributed by atoms with Gasteiger partial charge in [-0.1, -0.05) is 30.3 Å². The van der Waals surface area contributed by atoms with Crippen LogP contribution in [0.15, 0.2) is 42.7 Å². The van der Waals surface area contributed by atoms with E-state index in [1.165, 1.54) is 11.1 Å². The molecule has 2 rings (SSSR count). The van der Waals surface area contributed by atoms with Gasteiger partial charge in [-0.05, 0) is 18.1 Å². The third kappa shape index (κ3) is 3.21. The van der Waals surface area contributed by atoms with Gasteiger partial charge in [-0.2, -0.15) is 5.10 Å². The van der Waals surface area contributed by atoms with E-state index in [1.54, 1.807) is 0 Å². The molecule has 84 valence electrons. The Hall–Kier alpha value is -1.61. The first-order chi connectivity index (χ1) is 7.84. The molecule has 0 saturated heterocycles. The van der Waals surface area contributed by atoms with Crippen LogP contribution in [-0.2, 0) is 13.1 Å². The molecule has 0 amide bonds. The summed E-state index contributed by atoms with van der Waals surface area (Å²) >= 11 is 0. The third-order valence-electron chi connectivity index (χ3n) is 2.45. The van der Waals surface area contributed by atoms with Gasteiger partial charge in [0.05, 0.1) is 12.7 Å². The van der Waals surface area contributed by atoms with Crippen molar-refractivity contribution in [2.75, 3.05) is 6.54 Å². The van der Waals surface area contributed by atoms with E-state index in [-0.39, 0.29) is 0 Å². The van der Waals surface area contributed by atoms with Gasteiger partial charge in [0.25, 0.3) is 0 Å². The van der Waals surface area contributed by atoms with Crippen molar-refractivity contribution in [2.45, 2.75) is 20.0 Å². The summed E-state index contributed by atoms with van der Waals surface area (Å²) in [5.74, 6) is 0. The topological polar surface area (TPSA) is 29.9 Å². The fourth-order valence-corrected chi connectivity index (χ4v) is 1.61. The molecular formula is C13H17N3. The second kappa shape index (κ2) is 5.47. The molecular weight excluding hydrogens is 198 g/mol. The van der Waals surface area contributed by atoms with E-state index in [0.717, 1.165) is 19.6 Å². The van der Waals surface area contributed by atoms with Crippen LogP contribution in [0.5, 0.6) is 0 Å². The molecule has 0 aliphatic heterocycles. The molecule has 0 radical (unpaired) electrons. The standard InChI is InChI=1S/C13H17N3/c1-12-9-15-16(11-12)8-7-14-10-13-5-3-2-4-6-13/h2-6,9,11,14H,7-8,10H2,1H3. The van der Waals surface area contributed by atoms with Crippen LogP contribution in [0, 0.1) is 6.92 Å². The van der Waals surface area contributed by atoms with Crippen molar-refractivity contribution in [3.63, 3.8) is 0 Å². The number of hydrogen-bond donors (Lipinski definition) is 1. The Morgan fingerprint density at radius 1 is 1.25 bits per heavy atom. The first kappa shape index (κ1) is 10.9. The molecule has 0 atom stereocenters. The van der Waals surface area contributed by atoms with Crippen LogP contribution in [0.1, 0.15) is 11.1 Å². The Balaban J connectivity index is 1.69. The zero-order valence-electron chi connectivity index (χ0n) is 9.56. The molecule has 1 heterocycles. The summed E-state index contributed by atoms with van der Waals surface area (Å²) in [4.78, 5) is 0. The first-order valence-electron chi connectivity index (χ1n) is 5.58. The molecule has 0 aliphatic rings. The van der Waals surface area contributed by atoms with Crippen LogP contribution in [-0.4, -0.2) is 16.3 Å². The van der Waals surface area contributed by atoms with Gasteiger partial charge in [-0.15, -0.1) is 0 Å². The van der Waals surface area contributed by atoms with Crippen LogP contribution >= 0.6 is 0 Å². The highest BCUT2D eigenvalue weighted by Gasteiger charge is 1.94. The van der Waals surface area contributed by atoms with Crippen LogP contribution < -0.4 is 5.32 Å². The van der Waals surface area contributed by atoms with Crippen molar-refractivity contribution in [3.05, 3.63) is 53.9 Å². The van der Waals surface area contributed by atoms with Gasteiger partial charge in [0.2, 0.25) is 0 Å². The molecule has 3 nitrogen and oxygen atoms in total. The van der Waals surface area contributed by atoms with Gasteiger partial charge >= 0.3 is 0 Å². The largest absolute Gasteiger partial charge is 0.311 e. The maximum atomic E-state index is 4.24. The third-order valence-corrected chi connectivity index (χ3v) is 2.45. The summed E-state index contributed by atoms with van der Waals surface area (Å²) in [5, 5.41) is 7.64. The summed E-state index contributed by atoms with van der Waals surface area (Å²) in [7, 11) is 0. The van der Waals surface area contributed by atoms with E-state index in [0.29, 0.717) is 0 Å². The zero-order chi connectivity index (χ0) is 11.2. The Kier molecular flexibility index (Phi) is 3.72. The van der Waals surface area contributed by atoms with Gasteiger partial charge in [-0.25, -0.2) is 0 Å². The lowest BCUT2D eigenvalue weighted by Gasteiger charge is -2.04. The fourth-order valence-electron chi connectivity index (χ4n) is 1.61. The van der Waals surface area contributed by atoms with Crippen LogP contribution in [0.25, 0.3) is 0 Å². The second-order valence-corrected chi connectivity index (χ2v) is 3.94. The minimum atomic E-state index is 0.917. The Bertz CT molecular complexity index is 420. The van der Waals surface area contributed by atoms with Crippen molar-refractivity contribution < 1.29 is 0 Å². The highest BCUT2D eigenvalue weighted by Crippen LogP contribution is 1.97. The number of nitrogens with zero attached hydrogens (tertiary/aromatic N) is 2. The van der Waals surface area contributed by atoms with Crippen molar-refractivity contribution in [2.24, 2.45) is 0 Å². The average molecular weight is 215 g/mol. The molecule has 1 aromatic heterocycles. The Labute approximate surface area is 96.1 Å². The lowest BCUT2D eigenvalue weighted by molar-refractivity contribution is 0.554. The molecule has 0 aliphatic carbocycles. The molecule has 1 N–H and O–H groups in total. The Morgan fingerprint density at radius 2 is 2.06 bits per heavy atom. The van der Waals surface area contributed by atoms with E-state index in [1.807, 2.05) is 16.9 Å². The summed E-state index contributed by atoms with van der Waals surface area (Å²) in [6, 6.07) is 10.4. The van der Waals surface area contributed by atoms with E-state index in [9.17, 15) is 0 Å². The number of hydrogen-bond acceptors (Lipinski definition) is 2. The highest BCUT2D eigenvalue weighted by molar-refractivity contribution is 5.14. The fraction of sp³-hybridized carbons (Fsp3) is 0.308. The van der Waals surface area contributed by atoms with Gasteiger partial charge < -0.3 is 5.32 Å².